The average Bonchev–Trinajstić information content (AvgIpc) is 2.89. The number of nitrogens with one attached hydrogen (secondary N) is 1. The molecular weight excluding hydrogens is 228 g/mol. The van der Waals surface area contributed by atoms with Crippen LogP contribution >= 0.6 is 11.8 Å². The van der Waals surface area contributed by atoms with Crippen LogP contribution in [-0.4, -0.2) is 51.6 Å². The maximum absolute atomic E-state index is 11.1. The van der Waals surface area contributed by atoms with Crippen LogP contribution in [0.3, 0.4) is 0 Å². The highest BCUT2D eigenvalue weighted by molar-refractivity contribution is 7.99. The Morgan fingerprint density at radius 3 is 3.12 bits per heavy atom. The molecule has 1 aromatic heterocycles. The van der Waals surface area contributed by atoms with E-state index in [0.717, 1.165) is 23.2 Å². The van der Waals surface area contributed by atoms with E-state index in [1.165, 1.54) is 0 Å². The van der Waals surface area contributed by atoms with Gasteiger partial charge in [0.2, 0.25) is 5.16 Å². The minimum Gasteiger partial charge on any atom is -0.448 e. The van der Waals surface area contributed by atoms with Gasteiger partial charge >= 0.3 is 6.09 Å². The van der Waals surface area contributed by atoms with Crippen molar-refractivity contribution in [1.82, 2.24) is 20.1 Å². The number of rotatable bonds is 5. The van der Waals surface area contributed by atoms with Crippen LogP contribution in [0.2, 0.25) is 0 Å². The van der Waals surface area contributed by atoms with Crippen molar-refractivity contribution in [3.63, 3.8) is 0 Å². The van der Waals surface area contributed by atoms with Gasteiger partial charge in [0.15, 0.2) is 0 Å². The molecule has 0 saturated carbocycles. The molecule has 0 spiro atoms. The Morgan fingerprint density at radius 2 is 2.50 bits per heavy atom. The molecule has 1 N–H and O–H groups in total. The van der Waals surface area contributed by atoms with Gasteiger partial charge in [-0.1, -0.05) is 18.7 Å². The third-order valence-corrected chi connectivity index (χ3v) is 3.11. The number of carbonyl (C=O) groups excluding carboxylic acids is 1. The third kappa shape index (κ3) is 2.66. The Balaban J connectivity index is 1.73. The van der Waals surface area contributed by atoms with Gasteiger partial charge < -0.3 is 9.64 Å². The van der Waals surface area contributed by atoms with Crippen LogP contribution in [-0.2, 0) is 11.2 Å². The Hall–Kier alpha value is -1.24. The predicted octanol–water partition coefficient (Wildman–Crippen LogP) is 0.911. The molecule has 0 bridgehead atoms. The molecule has 2 rings (SSSR count). The second-order valence-corrected chi connectivity index (χ2v) is 4.43. The molecule has 2 heterocycles. The van der Waals surface area contributed by atoms with E-state index in [1.54, 1.807) is 16.7 Å². The topological polar surface area (TPSA) is 71.1 Å². The molecule has 1 aliphatic heterocycles. The third-order valence-electron chi connectivity index (χ3n) is 2.28. The molecule has 0 atom stereocenters. The van der Waals surface area contributed by atoms with Gasteiger partial charge in [-0.3, -0.25) is 5.10 Å². The average molecular weight is 242 g/mol. The van der Waals surface area contributed by atoms with Crippen LogP contribution in [0.1, 0.15) is 12.7 Å². The number of amides is 1. The summed E-state index contributed by atoms with van der Waals surface area (Å²) in [7, 11) is 0. The molecule has 0 unspecified atom stereocenters. The fourth-order valence-electron chi connectivity index (χ4n) is 1.38. The fraction of sp³-hybridized carbons (Fsp3) is 0.667. The first-order valence-corrected chi connectivity index (χ1v) is 6.24. The summed E-state index contributed by atoms with van der Waals surface area (Å²) < 4.78 is 4.83. The first-order chi connectivity index (χ1) is 7.79. The molecule has 0 aromatic carbocycles. The molecule has 16 heavy (non-hydrogen) atoms. The lowest BCUT2D eigenvalue weighted by Crippen LogP contribution is -2.26. The Morgan fingerprint density at radius 1 is 1.62 bits per heavy atom. The number of thioether (sulfide) groups is 1. The number of hydrogen-bond donors (Lipinski definition) is 1. The van der Waals surface area contributed by atoms with E-state index in [-0.39, 0.29) is 6.09 Å². The molecule has 6 nitrogen and oxygen atoms in total. The maximum Gasteiger partial charge on any atom is 0.409 e. The normalized spacial score (nSPS) is 15.6. The summed E-state index contributed by atoms with van der Waals surface area (Å²) in [5, 5.41) is 7.66. The minimum atomic E-state index is -0.218. The van der Waals surface area contributed by atoms with Crippen LogP contribution in [0.5, 0.6) is 0 Å². The molecule has 1 saturated heterocycles. The smallest absolute Gasteiger partial charge is 0.409 e. The van der Waals surface area contributed by atoms with Crippen LogP contribution in [0.25, 0.3) is 0 Å². The first-order valence-electron chi connectivity index (χ1n) is 5.25. The largest absolute Gasteiger partial charge is 0.448 e. The van der Waals surface area contributed by atoms with E-state index in [2.05, 4.69) is 15.2 Å². The van der Waals surface area contributed by atoms with Gasteiger partial charge in [-0.2, -0.15) is 0 Å². The zero-order chi connectivity index (χ0) is 11.4. The van der Waals surface area contributed by atoms with Crippen LogP contribution in [0.15, 0.2) is 5.16 Å². The number of aromatic amines is 1. The van der Waals surface area contributed by atoms with Crippen LogP contribution < -0.4 is 0 Å². The van der Waals surface area contributed by atoms with Crippen molar-refractivity contribution in [3.05, 3.63) is 5.82 Å². The van der Waals surface area contributed by atoms with Crippen molar-refractivity contribution >= 4 is 17.9 Å². The molecule has 1 fully saturated rings. The number of aryl methyl sites for hydroxylation is 1. The van der Waals surface area contributed by atoms with Gasteiger partial charge in [-0.15, -0.1) is 5.10 Å². The summed E-state index contributed by atoms with van der Waals surface area (Å²) in [6, 6.07) is 0. The Kier molecular flexibility index (Phi) is 3.66. The quantitative estimate of drug-likeness (QED) is 0.777. The lowest BCUT2D eigenvalue weighted by molar-refractivity contribution is 0.160. The molecule has 88 valence electrons. The molecule has 1 amide bonds. The number of cyclic esters (lactones) is 1. The van der Waals surface area contributed by atoms with E-state index >= 15 is 0 Å². The molecule has 0 aliphatic carbocycles. The molecule has 7 heteroatoms. The van der Waals surface area contributed by atoms with Gasteiger partial charge in [0.05, 0.1) is 6.54 Å². The van der Waals surface area contributed by atoms with Crippen molar-refractivity contribution < 1.29 is 9.53 Å². The molecule has 1 aliphatic rings. The van der Waals surface area contributed by atoms with Gasteiger partial charge in [0.1, 0.15) is 12.4 Å². The maximum atomic E-state index is 11.1. The van der Waals surface area contributed by atoms with Crippen molar-refractivity contribution in [2.45, 2.75) is 18.5 Å². The number of aromatic nitrogens is 3. The number of nitrogens with zero attached hydrogens (tertiary/aromatic N) is 3. The zero-order valence-electron chi connectivity index (χ0n) is 9.10. The second kappa shape index (κ2) is 5.20. The van der Waals surface area contributed by atoms with E-state index in [1.807, 2.05) is 6.92 Å². The summed E-state index contributed by atoms with van der Waals surface area (Å²) in [4.78, 5) is 17.1. The summed E-state index contributed by atoms with van der Waals surface area (Å²) in [6.45, 7) is 3.90. The van der Waals surface area contributed by atoms with E-state index in [0.29, 0.717) is 19.7 Å². The molecule has 0 radical (unpaired) electrons. The monoisotopic (exact) mass is 242 g/mol. The minimum absolute atomic E-state index is 0.218. The second-order valence-electron chi connectivity index (χ2n) is 3.37. The highest BCUT2D eigenvalue weighted by Gasteiger charge is 2.21. The first kappa shape index (κ1) is 11.3. The number of H-pyrrole nitrogens is 1. The van der Waals surface area contributed by atoms with E-state index in [9.17, 15) is 4.79 Å². The van der Waals surface area contributed by atoms with E-state index in [4.69, 9.17) is 4.74 Å². The highest BCUT2D eigenvalue weighted by atomic mass is 32.2. The number of carbonyl (C=O) groups is 1. The van der Waals surface area contributed by atoms with Crippen molar-refractivity contribution in [1.29, 1.82) is 0 Å². The lowest BCUT2D eigenvalue weighted by atomic mass is 10.5. The predicted molar refractivity (Wildman–Crippen MR) is 59.4 cm³/mol. The van der Waals surface area contributed by atoms with Crippen LogP contribution in [0.4, 0.5) is 4.79 Å². The van der Waals surface area contributed by atoms with Crippen LogP contribution in [0, 0.1) is 0 Å². The van der Waals surface area contributed by atoms with Gasteiger partial charge in [0, 0.05) is 18.7 Å². The number of ether oxygens (including phenoxy) is 1. The molecular formula is C9H14N4O2S. The Bertz CT molecular complexity index is 368. The van der Waals surface area contributed by atoms with Gasteiger partial charge in [0.25, 0.3) is 0 Å². The highest BCUT2D eigenvalue weighted by Crippen LogP contribution is 2.13. The SMILES string of the molecule is CCc1nc(SCCN2CCOC2=O)n[nH]1. The van der Waals surface area contributed by atoms with Crippen molar-refractivity contribution in [2.75, 3.05) is 25.4 Å². The van der Waals surface area contributed by atoms with Crippen molar-refractivity contribution in [2.24, 2.45) is 0 Å². The summed E-state index contributed by atoms with van der Waals surface area (Å²) in [5.74, 6) is 1.68. The molecule has 1 aromatic rings. The standard InChI is InChI=1S/C9H14N4O2S/c1-2-7-10-8(12-11-7)16-6-4-13-3-5-15-9(13)14/h2-6H2,1H3,(H,10,11,12). The van der Waals surface area contributed by atoms with Gasteiger partial charge in [-0.05, 0) is 0 Å². The summed E-state index contributed by atoms with van der Waals surface area (Å²) >= 11 is 1.54. The fourth-order valence-corrected chi connectivity index (χ4v) is 2.16. The Labute approximate surface area is 97.8 Å². The van der Waals surface area contributed by atoms with Crippen molar-refractivity contribution in [3.8, 4) is 0 Å². The van der Waals surface area contributed by atoms with E-state index < -0.39 is 0 Å². The van der Waals surface area contributed by atoms with Gasteiger partial charge in [-0.25, -0.2) is 9.78 Å². The zero-order valence-corrected chi connectivity index (χ0v) is 9.92. The lowest BCUT2D eigenvalue weighted by Gasteiger charge is -2.10. The number of hydrogen-bond acceptors (Lipinski definition) is 5. The summed E-state index contributed by atoms with van der Waals surface area (Å²) in [5.41, 5.74) is 0. The summed E-state index contributed by atoms with van der Waals surface area (Å²) in [6.07, 6.45) is 0.635.